The first-order chi connectivity index (χ1) is 9.81. The summed E-state index contributed by atoms with van der Waals surface area (Å²) < 4.78 is 0.184. The van der Waals surface area contributed by atoms with Gasteiger partial charge in [-0.2, -0.15) is 9.48 Å². The lowest BCUT2D eigenvalue weighted by Gasteiger charge is -2.39. The standard InChI is InChI=1S/C14H18N5O/c20-14-18-10-17-11-19(14,13-3-6-15-7-4-13)9-12-2-1-5-16-8-12/h1-2,5,8,10-11,13,15H,3-4,6-7,9H2/q+1. The summed E-state index contributed by atoms with van der Waals surface area (Å²) in [7, 11) is 0. The van der Waals surface area contributed by atoms with Crippen LogP contribution in [0.2, 0.25) is 0 Å². The number of quaternary nitrogens is 1. The van der Waals surface area contributed by atoms with E-state index < -0.39 is 0 Å². The van der Waals surface area contributed by atoms with Gasteiger partial charge in [0.25, 0.3) is 0 Å². The van der Waals surface area contributed by atoms with Crippen LogP contribution in [0.1, 0.15) is 18.4 Å². The maximum atomic E-state index is 12.5. The minimum absolute atomic E-state index is 0.129. The summed E-state index contributed by atoms with van der Waals surface area (Å²) in [5.74, 6) is 0. The highest BCUT2D eigenvalue weighted by Crippen LogP contribution is 2.26. The van der Waals surface area contributed by atoms with Crippen molar-refractivity contribution in [2.45, 2.75) is 25.4 Å². The Morgan fingerprint density at radius 3 is 2.90 bits per heavy atom. The Labute approximate surface area is 117 Å². The summed E-state index contributed by atoms with van der Waals surface area (Å²) in [6, 6.07) is 3.98. The van der Waals surface area contributed by atoms with Crippen molar-refractivity contribution in [1.29, 1.82) is 0 Å². The zero-order chi connectivity index (χ0) is 13.8. The summed E-state index contributed by atoms with van der Waals surface area (Å²) >= 11 is 0. The van der Waals surface area contributed by atoms with Crippen LogP contribution in [-0.2, 0) is 6.54 Å². The molecule has 1 fully saturated rings. The molecular weight excluding hydrogens is 254 g/mol. The molecule has 0 spiro atoms. The number of hydrogen-bond acceptors (Lipinski definition) is 4. The second kappa shape index (κ2) is 5.60. The molecule has 0 radical (unpaired) electrons. The van der Waals surface area contributed by atoms with Gasteiger partial charge in [0.1, 0.15) is 18.9 Å². The molecule has 0 bridgehead atoms. The predicted molar refractivity (Wildman–Crippen MR) is 76.5 cm³/mol. The molecule has 6 nitrogen and oxygen atoms in total. The predicted octanol–water partition coefficient (Wildman–Crippen LogP) is 1.34. The van der Waals surface area contributed by atoms with Crippen molar-refractivity contribution in [3.05, 3.63) is 30.1 Å². The Balaban J connectivity index is 1.93. The number of aromatic nitrogens is 1. The maximum Gasteiger partial charge on any atom is 0.450 e. The Hall–Kier alpha value is -1.92. The van der Waals surface area contributed by atoms with E-state index in [1.54, 1.807) is 18.7 Å². The van der Waals surface area contributed by atoms with Crippen molar-refractivity contribution in [3.8, 4) is 0 Å². The van der Waals surface area contributed by atoms with Crippen LogP contribution in [0.4, 0.5) is 4.79 Å². The average Bonchev–Trinajstić information content (AvgIpc) is 2.52. The SMILES string of the molecule is O=C1N=CN=C[N+]1(Cc1cccnc1)C1CCNCC1. The lowest BCUT2D eigenvalue weighted by atomic mass is 10.0. The third-order valence-corrected chi connectivity index (χ3v) is 3.99. The van der Waals surface area contributed by atoms with Crippen molar-refractivity contribution >= 4 is 18.7 Å². The van der Waals surface area contributed by atoms with E-state index in [2.05, 4.69) is 20.3 Å². The first-order valence-corrected chi connectivity index (χ1v) is 6.90. The Morgan fingerprint density at radius 2 is 2.20 bits per heavy atom. The molecule has 1 N–H and O–H groups in total. The summed E-state index contributed by atoms with van der Waals surface area (Å²) in [5, 5.41) is 3.33. The molecular formula is C14H18N5O+. The van der Waals surface area contributed by atoms with Crippen LogP contribution < -0.4 is 5.32 Å². The fraction of sp³-hybridized carbons (Fsp3) is 0.429. The van der Waals surface area contributed by atoms with Gasteiger partial charge in [-0.3, -0.25) is 4.98 Å². The van der Waals surface area contributed by atoms with Gasteiger partial charge in [-0.15, -0.1) is 4.99 Å². The number of pyridine rings is 1. The second-order valence-corrected chi connectivity index (χ2v) is 5.22. The molecule has 1 aromatic rings. The van der Waals surface area contributed by atoms with Gasteiger partial charge in [0.2, 0.25) is 6.34 Å². The van der Waals surface area contributed by atoms with Gasteiger partial charge in [0.15, 0.2) is 0 Å². The number of carbonyl (C=O) groups is 1. The van der Waals surface area contributed by atoms with Crippen LogP contribution in [0.5, 0.6) is 0 Å². The molecule has 104 valence electrons. The zero-order valence-corrected chi connectivity index (χ0v) is 11.3. The number of nitrogens with one attached hydrogen (secondary N) is 1. The van der Waals surface area contributed by atoms with Crippen molar-refractivity contribution in [2.75, 3.05) is 13.1 Å². The Kier molecular flexibility index (Phi) is 3.66. The third-order valence-electron chi connectivity index (χ3n) is 3.99. The quantitative estimate of drug-likeness (QED) is 0.844. The molecule has 1 atom stereocenters. The number of urea groups is 1. The van der Waals surface area contributed by atoms with Gasteiger partial charge in [0.05, 0.1) is 0 Å². The van der Waals surface area contributed by atoms with E-state index in [1.807, 2.05) is 12.1 Å². The Bertz CT molecular complexity index is 536. The first kappa shape index (κ1) is 13.1. The average molecular weight is 272 g/mol. The van der Waals surface area contributed by atoms with Crippen LogP contribution in [0.25, 0.3) is 0 Å². The number of nitrogens with zero attached hydrogens (tertiary/aromatic N) is 4. The minimum atomic E-state index is -0.129. The highest BCUT2D eigenvalue weighted by Gasteiger charge is 2.45. The van der Waals surface area contributed by atoms with Crippen LogP contribution >= 0.6 is 0 Å². The van der Waals surface area contributed by atoms with Crippen molar-refractivity contribution < 1.29 is 9.28 Å². The van der Waals surface area contributed by atoms with Crippen molar-refractivity contribution in [1.82, 2.24) is 10.3 Å². The smallest absolute Gasteiger partial charge is 0.316 e. The molecule has 2 aliphatic rings. The highest BCUT2D eigenvalue weighted by atomic mass is 16.2. The van der Waals surface area contributed by atoms with E-state index in [9.17, 15) is 4.79 Å². The number of rotatable bonds is 3. The largest absolute Gasteiger partial charge is 0.450 e. The van der Waals surface area contributed by atoms with Gasteiger partial charge in [-0.05, 0) is 6.07 Å². The van der Waals surface area contributed by atoms with Gasteiger partial charge >= 0.3 is 6.03 Å². The van der Waals surface area contributed by atoms with E-state index in [0.29, 0.717) is 6.54 Å². The molecule has 6 heteroatoms. The molecule has 2 amide bonds. The molecule has 3 rings (SSSR count). The third kappa shape index (κ3) is 2.39. The summed E-state index contributed by atoms with van der Waals surface area (Å²) in [4.78, 5) is 24.7. The maximum absolute atomic E-state index is 12.5. The molecule has 1 unspecified atom stereocenters. The van der Waals surface area contributed by atoms with Crippen LogP contribution in [-0.4, -0.2) is 47.3 Å². The molecule has 3 heterocycles. The molecule has 20 heavy (non-hydrogen) atoms. The van der Waals surface area contributed by atoms with E-state index in [1.165, 1.54) is 6.34 Å². The summed E-state index contributed by atoms with van der Waals surface area (Å²) in [6.07, 6.45) is 8.53. The lowest BCUT2D eigenvalue weighted by Crippen LogP contribution is -2.60. The summed E-state index contributed by atoms with van der Waals surface area (Å²) in [5.41, 5.74) is 1.03. The molecule has 1 aromatic heterocycles. The van der Waals surface area contributed by atoms with Crippen molar-refractivity contribution in [3.63, 3.8) is 0 Å². The number of amides is 2. The first-order valence-electron chi connectivity index (χ1n) is 6.90. The lowest BCUT2D eigenvalue weighted by molar-refractivity contribution is -0.795. The van der Waals surface area contributed by atoms with Crippen LogP contribution in [0.3, 0.4) is 0 Å². The number of aliphatic imine (C=N–C) groups is 2. The van der Waals surface area contributed by atoms with Gasteiger partial charge in [-0.1, -0.05) is 6.07 Å². The van der Waals surface area contributed by atoms with Crippen molar-refractivity contribution in [2.24, 2.45) is 9.98 Å². The second-order valence-electron chi connectivity index (χ2n) is 5.22. The fourth-order valence-corrected chi connectivity index (χ4v) is 2.94. The van der Waals surface area contributed by atoms with Gasteiger partial charge < -0.3 is 5.32 Å². The molecule has 2 aliphatic heterocycles. The monoisotopic (exact) mass is 272 g/mol. The normalized spacial score (nSPS) is 26.9. The van der Waals surface area contributed by atoms with E-state index in [0.717, 1.165) is 31.5 Å². The number of piperidine rings is 1. The number of hydrogen-bond donors (Lipinski definition) is 1. The van der Waals surface area contributed by atoms with Crippen LogP contribution in [0.15, 0.2) is 34.5 Å². The molecule has 0 saturated carbocycles. The minimum Gasteiger partial charge on any atom is -0.316 e. The number of carbonyl (C=O) groups excluding carboxylic acids is 1. The highest BCUT2D eigenvalue weighted by molar-refractivity contribution is 5.89. The Morgan fingerprint density at radius 1 is 1.35 bits per heavy atom. The van der Waals surface area contributed by atoms with E-state index in [-0.39, 0.29) is 16.6 Å². The van der Waals surface area contributed by atoms with E-state index >= 15 is 0 Å². The molecule has 1 saturated heterocycles. The van der Waals surface area contributed by atoms with Gasteiger partial charge in [0, 0.05) is 43.9 Å². The zero-order valence-electron chi connectivity index (χ0n) is 11.3. The summed E-state index contributed by atoms with van der Waals surface area (Å²) in [6.45, 7) is 2.43. The van der Waals surface area contributed by atoms with E-state index in [4.69, 9.17) is 0 Å². The van der Waals surface area contributed by atoms with Gasteiger partial charge in [-0.25, -0.2) is 4.79 Å². The topological polar surface area (TPSA) is 66.7 Å². The fourth-order valence-electron chi connectivity index (χ4n) is 2.94. The molecule has 0 aliphatic carbocycles. The van der Waals surface area contributed by atoms with Crippen LogP contribution in [0, 0.1) is 0 Å². The molecule has 0 aromatic carbocycles.